The first kappa shape index (κ1) is 14.0. The fourth-order valence-electron chi connectivity index (χ4n) is 2.49. The number of carbonyl (C=O) groups is 1. The van der Waals surface area contributed by atoms with E-state index in [4.69, 9.17) is 11.5 Å². The lowest BCUT2D eigenvalue weighted by Gasteiger charge is -2.23. The van der Waals surface area contributed by atoms with Gasteiger partial charge in [0.05, 0.1) is 0 Å². The van der Waals surface area contributed by atoms with Crippen molar-refractivity contribution in [2.75, 3.05) is 18.5 Å². The lowest BCUT2D eigenvalue weighted by Crippen LogP contribution is -2.37. The molecule has 106 valence electrons. The Bertz CT molecular complexity index is 566. The summed E-state index contributed by atoms with van der Waals surface area (Å²) >= 11 is 0. The topological polar surface area (TPSA) is 105 Å². The maximum atomic E-state index is 12.0. The minimum absolute atomic E-state index is 0.240. The van der Waals surface area contributed by atoms with Crippen LogP contribution in [0.2, 0.25) is 0 Å². The van der Waals surface area contributed by atoms with Gasteiger partial charge >= 0.3 is 0 Å². The van der Waals surface area contributed by atoms with Crippen LogP contribution in [0.3, 0.4) is 0 Å². The van der Waals surface area contributed by atoms with E-state index in [2.05, 4.69) is 4.99 Å². The van der Waals surface area contributed by atoms with Gasteiger partial charge in [0.15, 0.2) is 13.0 Å². The van der Waals surface area contributed by atoms with E-state index in [1.807, 2.05) is 17.0 Å². The molecule has 0 aliphatic carbocycles. The second kappa shape index (κ2) is 5.68. The Hall–Kier alpha value is -2.44. The van der Waals surface area contributed by atoms with Gasteiger partial charge in [-0.3, -0.25) is 4.79 Å². The first-order chi connectivity index (χ1) is 9.50. The number of para-hydroxylation sites is 2. The van der Waals surface area contributed by atoms with Crippen LogP contribution in [0.25, 0.3) is 0 Å². The van der Waals surface area contributed by atoms with Crippen LogP contribution in [0.4, 0.5) is 11.4 Å². The zero-order chi connectivity index (χ0) is 14.7. The fraction of sp³-hybridized carbons (Fsp3) is 0.385. The third-order valence-corrected chi connectivity index (χ3v) is 3.31. The van der Waals surface area contributed by atoms with E-state index in [1.165, 1.54) is 7.05 Å². The first-order valence-electron chi connectivity index (χ1n) is 6.40. The van der Waals surface area contributed by atoms with Crippen molar-refractivity contribution in [3.8, 4) is 0 Å². The molecule has 4 N–H and O–H groups in total. The molecule has 7 nitrogen and oxygen atoms in total. The number of carbonyl (C=O) groups excluding carboxylic acids is 1. The Labute approximate surface area is 116 Å². The molecule has 0 spiro atoms. The summed E-state index contributed by atoms with van der Waals surface area (Å²) in [6, 6.07) is 6.75. The van der Waals surface area contributed by atoms with Gasteiger partial charge in [0.1, 0.15) is 11.7 Å². The average molecular weight is 276 g/mol. The number of amides is 1. The molecule has 0 aromatic heterocycles. The molecule has 1 aromatic carbocycles. The van der Waals surface area contributed by atoms with E-state index >= 15 is 0 Å². The van der Waals surface area contributed by atoms with Crippen LogP contribution >= 0.6 is 0 Å². The molecule has 0 saturated carbocycles. The maximum Gasteiger partial charge on any atom is 0.278 e. The molecule has 20 heavy (non-hydrogen) atoms. The van der Waals surface area contributed by atoms with E-state index in [1.54, 1.807) is 12.1 Å². The van der Waals surface area contributed by atoms with Crippen molar-refractivity contribution in [3.05, 3.63) is 29.2 Å². The van der Waals surface area contributed by atoms with Crippen LogP contribution < -0.4 is 16.4 Å². The highest BCUT2D eigenvalue weighted by Gasteiger charge is 2.34. The minimum Gasteiger partial charge on any atom is -0.370 e. The van der Waals surface area contributed by atoms with Crippen molar-refractivity contribution in [2.24, 2.45) is 16.5 Å². The summed E-state index contributed by atoms with van der Waals surface area (Å²) in [5.74, 6) is -0.609. The van der Waals surface area contributed by atoms with E-state index < -0.39 is 6.04 Å². The number of nitrogens with zero attached hydrogens (tertiary/aromatic N) is 3. The van der Waals surface area contributed by atoms with Crippen LogP contribution in [0.15, 0.2) is 29.3 Å². The zero-order valence-corrected chi connectivity index (χ0v) is 11.3. The first-order valence-corrected chi connectivity index (χ1v) is 6.40. The van der Waals surface area contributed by atoms with Gasteiger partial charge < -0.3 is 16.4 Å². The Morgan fingerprint density at radius 1 is 1.40 bits per heavy atom. The lowest BCUT2D eigenvalue weighted by atomic mass is 10.2. The third-order valence-electron chi connectivity index (χ3n) is 3.31. The molecule has 1 aliphatic heterocycles. The summed E-state index contributed by atoms with van der Waals surface area (Å²) in [7, 11) is 1.43. The van der Waals surface area contributed by atoms with Gasteiger partial charge in [0.25, 0.3) is 11.6 Å². The average Bonchev–Trinajstić information content (AvgIpc) is 2.87. The van der Waals surface area contributed by atoms with Crippen molar-refractivity contribution in [1.82, 2.24) is 0 Å². The molecule has 1 atom stereocenters. The number of aliphatic imine (C=N–C) groups is 1. The molecule has 0 radical (unpaired) electrons. The Balaban J connectivity index is 2.34. The van der Waals surface area contributed by atoms with Crippen LogP contribution in [-0.2, 0) is 4.79 Å². The second-order valence-corrected chi connectivity index (χ2v) is 4.71. The molecule has 1 saturated heterocycles. The predicted molar refractivity (Wildman–Crippen MR) is 76.8 cm³/mol. The second-order valence-electron chi connectivity index (χ2n) is 4.71. The van der Waals surface area contributed by atoms with Crippen LogP contribution in [0, 0.1) is 4.91 Å². The molecule has 1 amide bonds. The number of hydrogen-bond donors (Lipinski definition) is 2. The summed E-state index contributed by atoms with van der Waals surface area (Å²) in [5.41, 5.74) is 11.8. The van der Waals surface area contributed by atoms with Gasteiger partial charge in [-0.05, 0) is 18.9 Å². The molecule has 1 aromatic rings. The van der Waals surface area contributed by atoms with Crippen LogP contribution in [0.1, 0.15) is 12.8 Å². The molecule has 2 rings (SSSR count). The number of anilines is 1. The number of nitroso groups, excluding NO2 is 1. The Morgan fingerprint density at radius 3 is 2.75 bits per heavy atom. The number of nitrogens with two attached hydrogens (primary N) is 2. The fourth-order valence-corrected chi connectivity index (χ4v) is 2.49. The van der Waals surface area contributed by atoms with E-state index in [9.17, 15) is 9.70 Å². The molecule has 0 bridgehead atoms. The summed E-state index contributed by atoms with van der Waals surface area (Å²) in [5, 5.41) is 0. The van der Waals surface area contributed by atoms with Crippen molar-refractivity contribution in [2.45, 2.75) is 18.9 Å². The number of benzene rings is 1. The van der Waals surface area contributed by atoms with Gasteiger partial charge in [0, 0.05) is 22.3 Å². The van der Waals surface area contributed by atoms with E-state index in [0.29, 0.717) is 18.7 Å². The van der Waals surface area contributed by atoms with Crippen molar-refractivity contribution in [3.63, 3.8) is 0 Å². The molecule has 1 heterocycles. The highest BCUT2D eigenvalue weighted by atomic mass is 16.3. The van der Waals surface area contributed by atoms with Gasteiger partial charge in [-0.15, -0.1) is 0 Å². The maximum absolute atomic E-state index is 12.0. The normalized spacial score (nSPS) is 17.9. The Morgan fingerprint density at radius 2 is 2.10 bits per heavy atom. The smallest absolute Gasteiger partial charge is 0.278 e. The van der Waals surface area contributed by atoms with Gasteiger partial charge in [0.2, 0.25) is 0 Å². The summed E-state index contributed by atoms with van der Waals surface area (Å²) in [6.45, 7) is 0.696. The molecule has 1 aliphatic rings. The summed E-state index contributed by atoms with van der Waals surface area (Å²) < 4.78 is 0.787. The number of guanidine groups is 1. The van der Waals surface area contributed by atoms with Crippen molar-refractivity contribution < 1.29 is 9.55 Å². The van der Waals surface area contributed by atoms with Gasteiger partial charge in [-0.2, -0.15) is 4.99 Å². The number of rotatable bonds is 3. The molecule has 1 unspecified atom stereocenters. The van der Waals surface area contributed by atoms with Crippen molar-refractivity contribution >= 4 is 23.2 Å². The third kappa shape index (κ3) is 2.76. The van der Waals surface area contributed by atoms with Crippen LogP contribution in [-0.4, -0.2) is 36.3 Å². The highest BCUT2D eigenvalue weighted by molar-refractivity contribution is 5.96. The quantitative estimate of drug-likeness (QED) is 0.475. The van der Waals surface area contributed by atoms with Crippen LogP contribution in [0.5, 0.6) is 0 Å². The molecule has 1 fully saturated rings. The Kier molecular flexibility index (Phi) is 3.97. The zero-order valence-electron chi connectivity index (χ0n) is 11.3. The van der Waals surface area contributed by atoms with Gasteiger partial charge in [-0.25, -0.2) is 0 Å². The largest absolute Gasteiger partial charge is 0.370 e. The van der Waals surface area contributed by atoms with E-state index in [-0.39, 0.29) is 11.9 Å². The molecular formula is C13H18N5O2+. The SMILES string of the molecule is C[N+](=O)c1ccccc1N1CCCC1C(=O)N=C(N)N. The predicted octanol–water partition coefficient (Wildman–Crippen LogP) is 0.496. The highest BCUT2D eigenvalue weighted by Crippen LogP contribution is 2.33. The lowest BCUT2D eigenvalue weighted by molar-refractivity contribution is -0.427. The summed E-state index contributed by atoms with van der Waals surface area (Å²) in [4.78, 5) is 29.2. The minimum atomic E-state index is -0.418. The standard InChI is InChI=1S/C13H17N5O2/c1-17(20)9-5-2-3-6-10(9)18-8-4-7-11(18)12(19)16-13(14)15/h2-3,5-6,11H,4,7-8H2,1H3,(H3-,14,15,16,19)/p+1. The van der Waals surface area contributed by atoms with E-state index in [0.717, 1.165) is 16.9 Å². The molecule has 7 heteroatoms. The van der Waals surface area contributed by atoms with Crippen molar-refractivity contribution in [1.29, 1.82) is 0 Å². The molecular weight excluding hydrogens is 258 g/mol. The number of hydrogen-bond acceptors (Lipinski definition) is 3. The van der Waals surface area contributed by atoms with Gasteiger partial charge in [-0.1, -0.05) is 12.1 Å². The monoisotopic (exact) mass is 276 g/mol. The summed E-state index contributed by atoms with van der Waals surface area (Å²) in [6.07, 6.45) is 1.53.